The van der Waals surface area contributed by atoms with Crippen molar-refractivity contribution in [2.75, 3.05) is 6.54 Å². The third-order valence-corrected chi connectivity index (χ3v) is 4.40. The van der Waals surface area contributed by atoms with E-state index in [2.05, 4.69) is 29.0 Å². The lowest BCUT2D eigenvalue weighted by atomic mass is 10.1. The molecule has 128 valence electrons. The van der Waals surface area contributed by atoms with Crippen molar-refractivity contribution in [3.63, 3.8) is 0 Å². The Morgan fingerprint density at radius 1 is 1.21 bits per heavy atom. The number of amides is 1. The molecule has 0 aliphatic rings. The van der Waals surface area contributed by atoms with Crippen molar-refractivity contribution in [3.05, 3.63) is 62.8 Å². The molecule has 0 aliphatic heterocycles. The van der Waals surface area contributed by atoms with Gasteiger partial charge in [-0.15, -0.1) is 0 Å². The van der Waals surface area contributed by atoms with Crippen LogP contribution in [0.5, 0.6) is 0 Å². The first-order valence-electron chi connectivity index (χ1n) is 8.31. The number of hydrogen-bond donors (Lipinski definition) is 1. The van der Waals surface area contributed by atoms with Gasteiger partial charge in [0.1, 0.15) is 0 Å². The predicted molar refractivity (Wildman–Crippen MR) is 94.9 cm³/mol. The van der Waals surface area contributed by atoms with E-state index in [1.165, 1.54) is 11.1 Å². The molecule has 0 saturated heterocycles. The van der Waals surface area contributed by atoms with Crippen molar-refractivity contribution >= 4 is 5.91 Å². The van der Waals surface area contributed by atoms with Crippen LogP contribution in [0.4, 0.5) is 0 Å². The minimum Gasteiger partial charge on any atom is -0.339 e. The highest BCUT2D eigenvalue weighted by Gasteiger charge is 2.15. The molecule has 2 aromatic rings. The van der Waals surface area contributed by atoms with E-state index in [1.54, 1.807) is 0 Å². The van der Waals surface area contributed by atoms with E-state index in [9.17, 15) is 9.59 Å². The Bertz CT molecular complexity index is 754. The molecule has 1 heterocycles. The summed E-state index contributed by atoms with van der Waals surface area (Å²) in [5.74, 6) is 0.116. The van der Waals surface area contributed by atoms with Crippen molar-refractivity contribution < 1.29 is 4.79 Å². The fourth-order valence-corrected chi connectivity index (χ4v) is 2.88. The molecule has 1 aromatic carbocycles. The van der Waals surface area contributed by atoms with Crippen molar-refractivity contribution in [1.29, 1.82) is 0 Å². The van der Waals surface area contributed by atoms with E-state index >= 15 is 0 Å². The highest BCUT2D eigenvalue weighted by atomic mass is 16.2. The number of aromatic nitrogens is 2. The van der Waals surface area contributed by atoms with Gasteiger partial charge < -0.3 is 9.88 Å². The van der Waals surface area contributed by atoms with Crippen LogP contribution < -0.4 is 5.69 Å². The molecule has 0 spiro atoms. The maximum Gasteiger partial charge on any atom is 0.345 e. The van der Waals surface area contributed by atoms with Crippen LogP contribution in [0.3, 0.4) is 0 Å². The Hall–Kier alpha value is -2.43. The molecule has 24 heavy (non-hydrogen) atoms. The second-order valence-corrected chi connectivity index (χ2v) is 6.07. The van der Waals surface area contributed by atoms with Crippen molar-refractivity contribution in [2.24, 2.45) is 0 Å². The topological polar surface area (TPSA) is 66.1 Å². The van der Waals surface area contributed by atoms with Gasteiger partial charge in [-0.3, -0.25) is 4.79 Å². The summed E-state index contributed by atoms with van der Waals surface area (Å²) < 4.78 is 0. The van der Waals surface area contributed by atoms with E-state index in [1.807, 2.05) is 37.8 Å². The number of rotatable bonds is 6. The normalized spacial score (nSPS) is 10.7. The van der Waals surface area contributed by atoms with Gasteiger partial charge in [-0.1, -0.05) is 24.3 Å². The standard InChI is InChI=1S/C19H25N3O2/c1-5-22(12-16-9-7-6-8-13(16)2)18(23)11-10-17-14(3)20-19(24)21-15(17)4/h6-9H,5,10-12H2,1-4H3,(H,20,21,24). The molecule has 5 nitrogen and oxygen atoms in total. The Kier molecular flexibility index (Phi) is 5.90. The van der Waals surface area contributed by atoms with E-state index in [-0.39, 0.29) is 11.6 Å². The van der Waals surface area contributed by atoms with Gasteiger partial charge in [0, 0.05) is 30.9 Å². The molecular weight excluding hydrogens is 302 g/mol. The Balaban J connectivity index is 2.05. The van der Waals surface area contributed by atoms with Crippen molar-refractivity contribution in [2.45, 2.75) is 47.1 Å². The average molecular weight is 327 g/mol. The second-order valence-electron chi connectivity index (χ2n) is 6.07. The fraction of sp³-hybridized carbons (Fsp3) is 0.421. The van der Waals surface area contributed by atoms with Crippen LogP contribution in [0.15, 0.2) is 29.1 Å². The minimum absolute atomic E-state index is 0.116. The molecule has 2 rings (SSSR count). The highest BCUT2D eigenvalue weighted by Crippen LogP contribution is 2.14. The number of carbonyl (C=O) groups is 1. The molecule has 0 radical (unpaired) electrons. The van der Waals surface area contributed by atoms with Gasteiger partial charge in [-0.2, -0.15) is 4.98 Å². The number of carbonyl (C=O) groups excluding carboxylic acids is 1. The van der Waals surface area contributed by atoms with E-state index in [4.69, 9.17) is 0 Å². The molecular formula is C19H25N3O2. The van der Waals surface area contributed by atoms with Crippen LogP contribution in [-0.4, -0.2) is 27.3 Å². The van der Waals surface area contributed by atoms with E-state index < -0.39 is 0 Å². The van der Waals surface area contributed by atoms with Crippen LogP contribution in [0.1, 0.15) is 41.4 Å². The molecule has 0 atom stereocenters. The third-order valence-electron chi connectivity index (χ3n) is 4.40. The van der Waals surface area contributed by atoms with Gasteiger partial charge in [0.15, 0.2) is 0 Å². The summed E-state index contributed by atoms with van der Waals surface area (Å²) in [5, 5.41) is 0. The monoisotopic (exact) mass is 327 g/mol. The molecule has 0 fully saturated rings. The number of aryl methyl sites for hydroxylation is 3. The summed E-state index contributed by atoms with van der Waals surface area (Å²) in [4.78, 5) is 32.4. The molecule has 1 aromatic heterocycles. The predicted octanol–water partition coefficient (Wildman–Crippen LogP) is 2.68. The molecule has 0 aliphatic carbocycles. The van der Waals surface area contributed by atoms with Crippen LogP contribution in [-0.2, 0) is 17.8 Å². The maximum absolute atomic E-state index is 12.6. The molecule has 1 N–H and O–H groups in total. The zero-order valence-electron chi connectivity index (χ0n) is 14.8. The maximum atomic E-state index is 12.6. The summed E-state index contributed by atoms with van der Waals surface area (Å²) in [6.07, 6.45) is 1.000. The van der Waals surface area contributed by atoms with E-state index in [0.29, 0.717) is 31.6 Å². The SMILES string of the molecule is CCN(Cc1ccccc1C)C(=O)CCc1c(C)nc(=O)[nH]c1C. The summed E-state index contributed by atoms with van der Waals surface area (Å²) in [7, 11) is 0. The van der Waals surface area contributed by atoms with Gasteiger partial charge in [0.05, 0.1) is 0 Å². The zero-order valence-corrected chi connectivity index (χ0v) is 14.8. The van der Waals surface area contributed by atoms with Crippen LogP contribution >= 0.6 is 0 Å². The summed E-state index contributed by atoms with van der Waals surface area (Å²) in [6.45, 7) is 9.02. The van der Waals surface area contributed by atoms with Crippen molar-refractivity contribution in [3.8, 4) is 0 Å². The number of aromatic amines is 1. The Morgan fingerprint density at radius 3 is 2.54 bits per heavy atom. The Morgan fingerprint density at radius 2 is 1.92 bits per heavy atom. The first-order chi connectivity index (χ1) is 11.4. The first-order valence-corrected chi connectivity index (χ1v) is 8.31. The average Bonchev–Trinajstić information content (AvgIpc) is 2.52. The minimum atomic E-state index is -0.338. The van der Waals surface area contributed by atoms with Gasteiger partial charge in [0.2, 0.25) is 5.91 Å². The molecule has 5 heteroatoms. The first kappa shape index (κ1) is 17.9. The van der Waals surface area contributed by atoms with Gasteiger partial charge >= 0.3 is 5.69 Å². The third kappa shape index (κ3) is 4.31. The van der Waals surface area contributed by atoms with Crippen molar-refractivity contribution in [1.82, 2.24) is 14.9 Å². The highest BCUT2D eigenvalue weighted by molar-refractivity contribution is 5.76. The van der Waals surface area contributed by atoms with Gasteiger partial charge in [-0.25, -0.2) is 4.79 Å². The lowest BCUT2D eigenvalue weighted by Gasteiger charge is -2.22. The number of nitrogens with one attached hydrogen (secondary N) is 1. The fourth-order valence-electron chi connectivity index (χ4n) is 2.88. The zero-order chi connectivity index (χ0) is 17.7. The van der Waals surface area contributed by atoms with Gasteiger partial charge in [-0.05, 0) is 50.8 Å². The number of hydrogen-bond acceptors (Lipinski definition) is 3. The molecule has 1 amide bonds. The second kappa shape index (κ2) is 7.90. The molecule has 0 unspecified atom stereocenters. The smallest absolute Gasteiger partial charge is 0.339 e. The largest absolute Gasteiger partial charge is 0.345 e. The summed E-state index contributed by atoms with van der Waals surface area (Å²) >= 11 is 0. The lowest BCUT2D eigenvalue weighted by molar-refractivity contribution is -0.131. The van der Waals surface area contributed by atoms with Gasteiger partial charge in [0.25, 0.3) is 0 Å². The summed E-state index contributed by atoms with van der Waals surface area (Å²) in [5.41, 5.74) is 4.48. The quantitative estimate of drug-likeness (QED) is 0.887. The molecule has 0 bridgehead atoms. The Labute approximate surface area is 142 Å². The lowest BCUT2D eigenvalue weighted by Crippen LogP contribution is -2.31. The van der Waals surface area contributed by atoms with Crippen LogP contribution in [0.25, 0.3) is 0 Å². The number of benzene rings is 1. The number of H-pyrrole nitrogens is 1. The van der Waals surface area contributed by atoms with E-state index in [0.717, 1.165) is 11.3 Å². The van der Waals surface area contributed by atoms with Crippen LogP contribution in [0.2, 0.25) is 0 Å². The van der Waals surface area contributed by atoms with Crippen LogP contribution in [0, 0.1) is 20.8 Å². The summed E-state index contributed by atoms with van der Waals surface area (Å²) in [6, 6.07) is 8.13. The number of nitrogens with zero attached hydrogens (tertiary/aromatic N) is 2. The molecule has 0 saturated carbocycles.